The Kier molecular flexibility index (Phi) is 25.6. The van der Waals surface area contributed by atoms with Gasteiger partial charge in [0, 0.05) is 85.4 Å². The van der Waals surface area contributed by atoms with Crippen molar-refractivity contribution < 1.29 is 82.6 Å². The Morgan fingerprint density at radius 1 is 0.558 bits per heavy atom. The van der Waals surface area contributed by atoms with Gasteiger partial charge in [-0.05, 0) is 149 Å². The van der Waals surface area contributed by atoms with Crippen LogP contribution in [0.15, 0.2) is 82.6 Å². The number of ether oxygens (including phenoxy) is 6. The molecule has 2 aromatic heterocycles. The van der Waals surface area contributed by atoms with Gasteiger partial charge in [0.15, 0.2) is 22.8 Å². The van der Waals surface area contributed by atoms with Crippen LogP contribution in [0.25, 0.3) is 20.4 Å². The molecule has 6 heterocycles. The van der Waals surface area contributed by atoms with Gasteiger partial charge in [-0.15, -0.1) is 0 Å². The van der Waals surface area contributed by atoms with Crippen LogP contribution in [-0.2, 0) is 70.9 Å². The molecule has 30 heteroatoms. The highest BCUT2D eigenvalue weighted by molar-refractivity contribution is 7.89. The molecule has 104 heavy (non-hydrogen) atoms. The van der Waals surface area contributed by atoms with Gasteiger partial charge in [0.05, 0.1) is 93.5 Å². The lowest BCUT2D eigenvalue weighted by Crippen LogP contribution is -2.60. The Labute approximate surface area is 615 Å². The molecule has 6 N–H and O–H groups in total. The van der Waals surface area contributed by atoms with Crippen molar-refractivity contribution in [2.75, 3.05) is 63.2 Å². The predicted octanol–water partition coefficient (Wildman–Crippen LogP) is 10.9. The van der Waals surface area contributed by atoms with Gasteiger partial charge < -0.3 is 59.9 Å². The molecule has 6 aliphatic rings. The molecule has 4 aliphatic heterocycles. The number of nitrogens with zero attached hydrogens (tertiary/aromatic N) is 4. The van der Waals surface area contributed by atoms with Crippen molar-refractivity contribution in [2.24, 2.45) is 35.5 Å². The number of aliphatic hydroxyl groups is 2. The summed E-state index contributed by atoms with van der Waals surface area (Å²) >= 11 is 2.77. The first-order valence-corrected chi connectivity index (χ1v) is 40.7. The summed E-state index contributed by atoms with van der Waals surface area (Å²) in [6, 6.07) is 16.7. The molecule has 6 aromatic rings. The number of aliphatic hydroxyl groups excluding tert-OH is 2. The Morgan fingerprint density at radius 3 is 1.26 bits per heavy atom. The molecule has 0 spiro atoms. The molecule has 4 aromatic carbocycles. The number of aromatic nitrogens is 2. The molecular weight excluding hydrogens is 1430 g/mol. The first-order valence-electron chi connectivity index (χ1n) is 36.2. The number of sulfonamides is 2. The van der Waals surface area contributed by atoms with E-state index in [1.165, 1.54) is 43.4 Å². The van der Waals surface area contributed by atoms with E-state index in [1.807, 2.05) is 55.4 Å². The van der Waals surface area contributed by atoms with E-state index in [0.29, 0.717) is 58.6 Å². The number of carbonyl (C=O) groups is 2. The van der Waals surface area contributed by atoms with Crippen LogP contribution in [0, 0.1) is 58.8 Å². The van der Waals surface area contributed by atoms with Gasteiger partial charge in [-0.2, -0.15) is 8.61 Å². The highest BCUT2D eigenvalue weighted by Crippen LogP contribution is 2.43. The second-order valence-electron chi connectivity index (χ2n) is 30.8. The van der Waals surface area contributed by atoms with E-state index in [1.54, 1.807) is 24.3 Å². The summed E-state index contributed by atoms with van der Waals surface area (Å²) in [6.45, 7) is 20.5. The summed E-state index contributed by atoms with van der Waals surface area (Å²) < 4.78 is 153. The number of nitrogens with one attached hydrogen (secondary N) is 4. The number of hydrogen-bond donors (Lipinski definition) is 6. The third-order valence-corrected chi connectivity index (χ3v) is 25.4. The fourth-order valence-electron chi connectivity index (χ4n) is 14.9. The third kappa shape index (κ3) is 20.2. The average molecular weight is 1530 g/mol. The first kappa shape index (κ1) is 79.5. The minimum Gasteiger partial charge on any atom is -0.459 e. The van der Waals surface area contributed by atoms with Crippen LogP contribution in [-0.4, -0.2) is 182 Å². The second kappa shape index (κ2) is 33.5. The van der Waals surface area contributed by atoms with E-state index in [-0.39, 0.29) is 122 Å². The normalized spacial score (nSPS) is 24.8. The number of benzene rings is 4. The Morgan fingerprint density at radius 2 is 0.923 bits per heavy atom. The molecule has 0 bridgehead atoms. The van der Waals surface area contributed by atoms with Crippen molar-refractivity contribution in [2.45, 2.75) is 215 Å². The van der Waals surface area contributed by atoms with Gasteiger partial charge in [0.1, 0.15) is 35.5 Å². The molecular formula is C74H100F4N8O14S4. The van der Waals surface area contributed by atoms with Crippen LogP contribution in [0.4, 0.5) is 27.8 Å². The number of thiazole rings is 2. The van der Waals surface area contributed by atoms with Crippen LogP contribution in [0.1, 0.15) is 132 Å². The SMILES string of the molecule is CC(C)CN(C[C@@H](O)[C@@H](CC(=O)O[C@@H]1CO[C@@H]2OCC[C@@](C)(NC(C)C)[C@@H]21)Cc1cc(F)cc(F)c1)S(=O)(=O)c1ccc2nc(NC3CC3)sc2c1.CC(C)CN(C[C@@H](O)[C@@H](CC(=O)O[C@H]1CO[C@H]2OCC[C@](C)(NC(C)C)[C@H]21)Cc1cc(F)cc(F)c1)S(=O)(=O)c1ccc2nc(NC3CC3)sc2c1. The highest BCUT2D eigenvalue weighted by Gasteiger charge is 2.55. The van der Waals surface area contributed by atoms with Crippen LogP contribution in [0.2, 0.25) is 0 Å². The van der Waals surface area contributed by atoms with Gasteiger partial charge in [-0.3, -0.25) is 9.59 Å². The van der Waals surface area contributed by atoms with E-state index in [2.05, 4.69) is 45.1 Å². The van der Waals surface area contributed by atoms with E-state index < -0.39 is 115 Å². The van der Waals surface area contributed by atoms with E-state index in [9.17, 15) is 54.2 Å². The van der Waals surface area contributed by atoms with Crippen LogP contribution >= 0.6 is 22.7 Å². The zero-order valence-corrected chi connectivity index (χ0v) is 63.9. The first-order chi connectivity index (χ1) is 49.2. The molecule has 6 fully saturated rings. The summed E-state index contributed by atoms with van der Waals surface area (Å²) in [7, 11) is -8.26. The fraction of sp³-hybridized carbons (Fsp3) is 0.622. The summed E-state index contributed by atoms with van der Waals surface area (Å²) in [5.41, 5.74) is 0.944. The number of halogens is 4. The number of carbonyl (C=O) groups excluding carboxylic acids is 2. The predicted molar refractivity (Wildman–Crippen MR) is 389 cm³/mol. The maximum atomic E-state index is 14.3. The quantitative estimate of drug-likeness (QED) is 0.0169. The molecule has 12 rings (SSSR count). The highest BCUT2D eigenvalue weighted by atomic mass is 32.2. The molecule has 2 aliphatic carbocycles. The molecule has 0 radical (unpaired) electrons. The maximum Gasteiger partial charge on any atom is 0.306 e. The Hall–Kier alpha value is -5.58. The largest absolute Gasteiger partial charge is 0.459 e. The topological polar surface area (TPSA) is 279 Å². The monoisotopic (exact) mass is 1530 g/mol. The van der Waals surface area contributed by atoms with Gasteiger partial charge in [-0.25, -0.2) is 44.4 Å². The van der Waals surface area contributed by atoms with Gasteiger partial charge in [0.25, 0.3) is 0 Å². The van der Waals surface area contributed by atoms with Crippen LogP contribution in [0.5, 0.6) is 0 Å². The molecule has 4 saturated heterocycles. The summed E-state index contributed by atoms with van der Waals surface area (Å²) in [4.78, 5) is 36.6. The van der Waals surface area contributed by atoms with Crippen molar-refractivity contribution in [3.8, 4) is 0 Å². The van der Waals surface area contributed by atoms with E-state index in [0.717, 1.165) is 72.3 Å². The molecule has 0 unspecified atom stereocenters. The van der Waals surface area contributed by atoms with E-state index >= 15 is 0 Å². The number of anilines is 2. The fourth-order valence-corrected chi connectivity index (χ4v) is 20.3. The molecule has 572 valence electrons. The third-order valence-electron chi connectivity index (χ3n) is 19.8. The lowest BCUT2D eigenvalue weighted by atomic mass is 9.78. The number of hydrogen-bond acceptors (Lipinski definition) is 22. The van der Waals surface area contributed by atoms with Crippen molar-refractivity contribution in [3.05, 3.63) is 107 Å². The lowest BCUT2D eigenvalue weighted by Gasteiger charge is -2.45. The second-order valence-corrected chi connectivity index (χ2v) is 36.7. The average Bonchev–Trinajstić information content (AvgIpc) is 1.56. The summed E-state index contributed by atoms with van der Waals surface area (Å²) in [5, 5.41) is 38.9. The summed E-state index contributed by atoms with van der Waals surface area (Å²) in [5.74, 6) is -7.17. The molecule has 12 atom stereocenters. The molecule has 2 saturated carbocycles. The Balaban J connectivity index is 0.000000208. The van der Waals surface area contributed by atoms with Gasteiger partial charge in [-0.1, -0.05) is 78.1 Å². The molecule has 0 amide bonds. The Bertz CT molecular complexity index is 3900. The van der Waals surface area contributed by atoms with E-state index in [4.69, 9.17) is 28.4 Å². The minimum atomic E-state index is -4.13. The van der Waals surface area contributed by atoms with Crippen molar-refractivity contribution in [3.63, 3.8) is 0 Å². The van der Waals surface area contributed by atoms with Crippen molar-refractivity contribution >= 4 is 85.4 Å². The number of esters is 2. The standard InChI is InChI=1S/2C37H50F2N4O7S2/c2*1-21(2)18-43(52(46,47)28-8-9-29-32(17-28)51-36(41-29)40-27-6-7-27)19-30(44)24(12-23-13-25(38)16-26(39)14-23)15-33(45)50-31-20-49-35-34(31)37(5,10-11-48-35)42-22(3)4/h2*8-9,13-14,16-17,21-22,24,27,30-31,34-35,42,44H,6-7,10-12,15,18-20H2,1-5H3,(H,40,41)/t24-,30-,31+,34+,35-,37+;24-,30-,31-,34-,35+,37-/m11/s1. The summed E-state index contributed by atoms with van der Waals surface area (Å²) in [6.07, 6.45) is -0.373. The molecule has 22 nitrogen and oxygen atoms in total. The van der Waals surface area contributed by atoms with Gasteiger partial charge in [0.2, 0.25) is 20.0 Å². The van der Waals surface area contributed by atoms with Crippen molar-refractivity contribution in [1.29, 1.82) is 0 Å². The van der Waals surface area contributed by atoms with Gasteiger partial charge >= 0.3 is 11.9 Å². The minimum absolute atomic E-state index is 0.0566. The number of fused-ring (bicyclic) bond motifs is 4. The maximum absolute atomic E-state index is 14.3. The van der Waals surface area contributed by atoms with Crippen molar-refractivity contribution in [1.82, 2.24) is 29.2 Å². The van der Waals surface area contributed by atoms with Crippen LogP contribution < -0.4 is 21.3 Å². The lowest BCUT2D eigenvalue weighted by molar-refractivity contribution is -0.182. The van der Waals surface area contributed by atoms with Crippen LogP contribution in [0.3, 0.4) is 0 Å². The zero-order chi connectivity index (χ0) is 74.7. The smallest absolute Gasteiger partial charge is 0.306 e. The zero-order valence-electron chi connectivity index (χ0n) is 60.6. The number of rotatable bonds is 32.